The fraction of sp³-hybridized carbons (Fsp3) is 0.500. The molecule has 1 aromatic heterocycles. The fourth-order valence-corrected chi connectivity index (χ4v) is 3.16. The number of hydrogen-bond acceptors (Lipinski definition) is 4. The molecule has 1 aromatic carbocycles. The van der Waals surface area contributed by atoms with Crippen LogP contribution in [0.5, 0.6) is 11.5 Å². The Morgan fingerprint density at radius 1 is 1.22 bits per heavy atom. The van der Waals surface area contributed by atoms with E-state index in [2.05, 4.69) is 14.5 Å². The molecular weight excluding hydrogens is 290 g/mol. The molecule has 2 aromatic rings. The third kappa shape index (κ3) is 4.73. The van der Waals surface area contributed by atoms with Crippen LogP contribution in [0.15, 0.2) is 43.0 Å². The standard InChI is InChI=1S/C18H25N3O2/c1-22-17-4-6-18(7-5-17)23-12-11-20-9-2-3-16(13-20)14-21-10-8-19-15-21/h4-8,10,15-16H,2-3,9,11-14H2,1H3. The molecule has 2 heterocycles. The van der Waals surface area contributed by atoms with Crippen molar-refractivity contribution in [3.8, 4) is 11.5 Å². The molecule has 23 heavy (non-hydrogen) atoms. The Hall–Kier alpha value is -2.01. The summed E-state index contributed by atoms with van der Waals surface area (Å²) in [5.74, 6) is 2.47. The van der Waals surface area contributed by atoms with Crippen molar-refractivity contribution in [2.75, 3.05) is 33.4 Å². The Balaban J connectivity index is 1.40. The number of ether oxygens (including phenoxy) is 2. The van der Waals surface area contributed by atoms with Crippen molar-refractivity contribution < 1.29 is 9.47 Å². The number of nitrogens with zero attached hydrogens (tertiary/aromatic N) is 3. The molecule has 1 aliphatic heterocycles. The molecule has 1 saturated heterocycles. The van der Waals surface area contributed by atoms with Gasteiger partial charge in [0.25, 0.3) is 0 Å². The number of methoxy groups -OCH3 is 1. The number of benzene rings is 1. The predicted octanol–water partition coefficient (Wildman–Crippen LogP) is 2.68. The largest absolute Gasteiger partial charge is 0.497 e. The maximum absolute atomic E-state index is 5.84. The van der Waals surface area contributed by atoms with E-state index in [9.17, 15) is 0 Å². The number of rotatable bonds is 7. The van der Waals surface area contributed by atoms with Crippen LogP contribution in [0.25, 0.3) is 0 Å². The second-order valence-electron chi connectivity index (χ2n) is 6.09. The normalized spacial score (nSPS) is 18.7. The molecule has 0 N–H and O–H groups in total. The van der Waals surface area contributed by atoms with Crippen LogP contribution in [0, 0.1) is 5.92 Å². The summed E-state index contributed by atoms with van der Waals surface area (Å²) in [4.78, 5) is 6.63. The molecule has 0 saturated carbocycles. The molecule has 5 heteroatoms. The van der Waals surface area contributed by atoms with E-state index >= 15 is 0 Å². The second kappa shape index (κ2) is 8.02. The summed E-state index contributed by atoms with van der Waals surface area (Å²) in [6.07, 6.45) is 8.37. The maximum Gasteiger partial charge on any atom is 0.119 e. The third-order valence-electron chi connectivity index (χ3n) is 4.37. The first-order valence-corrected chi connectivity index (χ1v) is 8.28. The van der Waals surface area contributed by atoms with Crippen LogP contribution >= 0.6 is 0 Å². The van der Waals surface area contributed by atoms with Gasteiger partial charge in [-0.2, -0.15) is 0 Å². The number of imidazole rings is 1. The van der Waals surface area contributed by atoms with Gasteiger partial charge in [-0.1, -0.05) is 0 Å². The molecule has 0 spiro atoms. The topological polar surface area (TPSA) is 39.5 Å². The third-order valence-corrected chi connectivity index (χ3v) is 4.37. The van der Waals surface area contributed by atoms with Gasteiger partial charge in [0.2, 0.25) is 0 Å². The SMILES string of the molecule is COc1ccc(OCCN2CCCC(Cn3ccnc3)C2)cc1. The first-order chi connectivity index (χ1) is 11.3. The van der Waals surface area contributed by atoms with Crippen LogP contribution in [0.1, 0.15) is 12.8 Å². The molecule has 124 valence electrons. The number of likely N-dealkylation sites (tertiary alicyclic amines) is 1. The Bertz CT molecular complexity index is 568. The van der Waals surface area contributed by atoms with E-state index in [4.69, 9.17) is 9.47 Å². The second-order valence-corrected chi connectivity index (χ2v) is 6.09. The number of hydrogen-bond donors (Lipinski definition) is 0. The molecule has 1 atom stereocenters. The average Bonchev–Trinajstić information content (AvgIpc) is 3.09. The first-order valence-electron chi connectivity index (χ1n) is 8.28. The minimum absolute atomic E-state index is 0.707. The predicted molar refractivity (Wildman–Crippen MR) is 89.9 cm³/mol. The summed E-state index contributed by atoms with van der Waals surface area (Å²) in [5.41, 5.74) is 0. The highest BCUT2D eigenvalue weighted by Crippen LogP contribution is 2.19. The van der Waals surface area contributed by atoms with E-state index in [1.807, 2.05) is 43.0 Å². The molecule has 1 aliphatic rings. The van der Waals surface area contributed by atoms with Gasteiger partial charge >= 0.3 is 0 Å². The van der Waals surface area contributed by atoms with E-state index in [0.29, 0.717) is 5.92 Å². The average molecular weight is 315 g/mol. The van der Waals surface area contributed by atoms with Gasteiger partial charge in [-0.3, -0.25) is 4.90 Å². The van der Waals surface area contributed by atoms with Gasteiger partial charge < -0.3 is 14.0 Å². The summed E-state index contributed by atoms with van der Waals surface area (Å²) in [6.45, 7) is 5.09. The number of piperidine rings is 1. The van der Waals surface area contributed by atoms with Crippen LogP contribution in [0.4, 0.5) is 0 Å². The van der Waals surface area contributed by atoms with E-state index < -0.39 is 0 Å². The lowest BCUT2D eigenvalue weighted by Gasteiger charge is -2.32. The molecule has 5 nitrogen and oxygen atoms in total. The maximum atomic E-state index is 5.84. The summed E-state index contributed by atoms with van der Waals surface area (Å²) in [7, 11) is 1.67. The molecule has 0 bridgehead atoms. The van der Waals surface area contributed by atoms with E-state index in [1.165, 1.54) is 19.4 Å². The van der Waals surface area contributed by atoms with Gasteiger partial charge in [-0.15, -0.1) is 0 Å². The molecule has 0 amide bonds. The van der Waals surface area contributed by atoms with Gasteiger partial charge in [-0.05, 0) is 49.6 Å². The molecular formula is C18H25N3O2. The lowest BCUT2D eigenvalue weighted by molar-refractivity contribution is 0.138. The van der Waals surface area contributed by atoms with Crippen molar-refractivity contribution in [1.29, 1.82) is 0 Å². The zero-order valence-electron chi connectivity index (χ0n) is 13.7. The van der Waals surface area contributed by atoms with Gasteiger partial charge in [0.1, 0.15) is 18.1 Å². The molecule has 3 rings (SSSR count). The minimum Gasteiger partial charge on any atom is -0.497 e. The molecule has 0 aliphatic carbocycles. The van der Waals surface area contributed by atoms with E-state index in [1.54, 1.807) is 7.11 Å². The van der Waals surface area contributed by atoms with Crippen LogP contribution in [-0.4, -0.2) is 47.8 Å². The van der Waals surface area contributed by atoms with Gasteiger partial charge in [-0.25, -0.2) is 4.98 Å². The van der Waals surface area contributed by atoms with Crippen molar-refractivity contribution in [1.82, 2.24) is 14.5 Å². The lowest BCUT2D eigenvalue weighted by atomic mass is 9.98. The van der Waals surface area contributed by atoms with E-state index in [0.717, 1.165) is 37.7 Å². The highest BCUT2D eigenvalue weighted by molar-refractivity contribution is 5.31. The molecule has 1 unspecified atom stereocenters. The first kappa shape index (κ1) is 15.9. The highest BCUT2D eigenvalue weighted by Gasteiger charge is 2.19. The van der Waals surface area contributed by atoms with Crippen LogP contribution in [0.2, 0.25) is 0 Å². The smallest absolute Gasteiger partial charge is 0.119 e. The monoisotopic (exact) mass is 315 g/mol. The minimum atomic E-state index is 0.707. The van der Waals surface area contributed by atoms with Gasteiger partial charge in [0, 0.05) is 32.0 Å². The zero-order valence-corrected chi connectivity index (χ0v) is 13.7. The quantitative estimate of drug-likeness (QED) is 0.787. The van der Waals surface area contributed by atoms with Crippen molar-refractivity contribution in [3.05, 3.63) is 43.0 Å². The lowest BCUT2D eigenvalue weighted by Crippen LogP contribution is -2.39. The van der Waals surface area contributed by atoms with Gasteiger partial charge in [0.05, 0.1) is 13.4 Å². The Kier molecular flexibility index (Phi) is 5.53. The van der Waals surface area contributed by atoms with Crippen LogP contribution in [-0.2, 0) is 6.54 Å². The summed E-state index contributed by atoms with van der Waals surface area (Å²) < 4.78 is 13.2. The van der Waals surface area contributed by atoms with Crippen molar-refractivity contribution in [2.45, 2.75) is 19.4 Å². The Labute approximate surface area is 137 Å². The highest BCUT2D eigenvalue weighted by atomic mass is 16.5. The fourth-order valence-electron chi connectivity index (χ4n) is 3.16. The van der Waals surface area contributed by atoms with Gasteiger partial charge in [0.15, 0.2) is 0 Å². The summed E-state index contributed by atoms with van der Waals surface area (Å²) in [5, 5.41) is 0. The van der Waals surface area contributed by atoms with Crippen LogP contribution < -0.4 is 9.47 Å². The van der Waals surface area contributed by atoms with Crippen molar-refractivity contribution in [2.24, 2.45) is 5.92 Å². The summed E-state index contributed by atoms with van der Waals surface area (Å²) in [6, 6.07) is 7.77. The Morgan fingerprint density at radius 2 is 2.04 bits per heavy atom. The van der Waals surface area contributed by atoms with Crippen molar-refractivity contribution >= 4 is 0 Å². The molecule has 0 radical (unpaired) electrons. The summed E-state index contributed by atoms with van der Waals surface area (Å²) >= 11 is 0. The van der Waals surface area contributed by atoms with Crippen LogP contribution in [0.3, 0.4) is 0 Å². The molecule has 1 fully saturated rings. The van der Waals surface area contributed by atoms with E-state index in [-0.39, 0.29) is 0 Å². The number of aromatic nitrogens is 2. The zero-order chi connectivity index (χ0) is 15.9. The Morgan fingerprint density at radius 3 is 2.78 bits per heavy atom. The van der Waals surface area contributed by atoms with Crippen molar-refractivity contribution in [3.63, 3.8) is 0 Å².